The van der Waals surface area contributed by atoms with Gasteiger partial charge in [0.15, 0.2) is 0 Å². The summed E-state index contributed by atoms with van der Waals surface area (Å²) < 4.78 is 11.6. The summed E-state index contributed by atoms with van der Waals surface area (Å²) in [4.78, 5) is 29.5. The van der Waals surface area contributed by atoms with Crippen molar-refractivity contribution in [3.63, 3.8) is 0 Å². The number of carboxylic acid groups (broad SMARTS) is 1. The Morgan fingerprint density at radius 3 is 2.21 bits per heavy atom. The molecule has 34 heavy (non-hydrogen) atoms. The van der Waals surface area contributed by atoms with E-state index in [9.17, 15) is 9.59 Å². The zero-order chi connectivity index (χ0) is 23.9. The Morgan fingerprint density at radius 1 is 0.941 bits per heavy atom. The molecule has 0 spiro atoms. The summed E-state index contributed by atoms with van der Waals surface area (Å²) in [5.74, 6) is 0.366. The number of amides is 1. The first kappa shape index (κ1) is 23.3. The van der Waals surface area contributed by atoms with Crippen LogP contribution in [0.2, 0.25) is 0 Å². The molecule has 2 aromatic carbocycles. The number of rotatable bonds is 7. The van der Waals surface area contributed by atoms with E-state index >= 15 is 0 Å². The molecule has 1 N–H and O–H groups in total. The second-order valence-corrected chi connectivity index (χ2v) is 8.53. The van der Waals surface area contributed by atoms with Crippen LogP contribution in [0.15, 0.2) is 66.9 Å². The second kappa shape index (κ2) is 10.8. The van der Waals surface area contributed by atoms with Gasteiger partial charge in [0.05, 0.1) is 6.42 Å². The summed E-state index contributed by atoms with van der Waals surface area (Å²) >= 11 is 0. The van der Waals surface area contributed by atoms with E-state index in [0.717, 1.165) is 28.8 Å². The van der Waals surface area contributed by atoms with Gasteiger partial charge in [-0.15, -0.1) is 0 Å². The average Bonchev–Trinajstić information content (AvgIpc) is 2.83. The third kappa shape index (κ3) is 6.57. The van der Waals surface area contributed by atoms with Gasteiger partial charge < -0.3 is 19.5 Å². The number of carbonyl (C=O) groups excluding carboxylic acids is 1. The van der Waals surface area contributed by atoms with Crippen LogP contribution in [0.1, 0.15) is 35.2 Å². The highest BCUT2D eigenvalue weighted by Crippen LogP contribution is 2.21. The van der Waals surface area contributed by atoms with Crippen LogP contribution in [0, 0.1) is 6.92 Å². The Morgan fingerprint density at radius 2 is 1.59 bits per heavy atom. The van der Waals surface area contributed by atoms with Crippen molar-refractivity contribution in [3.8, 4) is 11.5 Å². The fourth-order valence-corrected chi connectivity index (χ4v) is 3.86. The van der Waals surface area contributed by atoms with Crippen LogP contribution < -0.4 is 9.47 Å². The van der Waals surface area contributed by atoms with Crippen LogP contribution in [-0.4, -0.2) is 46.2 Å². The maximum atomic E-state index is 12.6. The summed E-state index contributed by atoms with van der Waals surface area (Å²) in [6.07, 6.45) is 3.63. The normalized spacial score (nSPS) is 14.0. The van der Waals surface area contributed by atoms with Crippen molar-refractivity contribution in [1.29, 1.82) is 0 Å². The molecule has 0 unspecified atom stereocenters. The van der Waals surface area contributed by atoms with Crippen molar-refractivity contribution in [2.45, 2.75) is 38.7 Å². The minimum Gasteiger partial charge on any atom is -0.490 e. The van der Waals surface area contributed by atoms with Gasteiger partial charge in [-0.25, -0.2) is 4.79 Å². The van der Waals surface area contributed by atoms with Gasteiger partial charge in [0.25, 0.3) is 0 Å². The summed E-state index contributed by atoms with van der Waals surface area (Å²) in [7, 11) is 0. The minimum atomic E-state index is -0.858. The molecule has 0 aliphatic carbocycles. The predicted octanol–water partition coefficient (Wildman–Crippen LogP) is 4.65. The lowest BCUT2D eigenvalue weighted by Crippen LogP contribution is -2.43. The summed E-state index contributed by atoms with van der Waals surface area (Å²) in [5.41, 5.74) is 3.97. The van der Waals surface area contributed by atoms with E-state index < -0.39 is 5.97 Å². The number of ether oxygens (including phenoxy) is 2. The molecular weight excluding hydrogens is 432 g/mol. The van der Waals surface area contributed by atoms with E-state index in [1.807, 2.05) is 49.5 Å². The summed E-state index contributed by atoms with van der Waals surface area (Å²) in [5, 5.41) is 8.86. The van der Waals surface area contributed by atoms with Gasteiger partial charge in [-0.3, -0.25) is 9.78 Å². The average molecular weight is 461 g/mol. The Hall–Kier alpha value is -3.87. The molecule has 4 rings (SSSR count). The number of nitrogens with zero attached hydrogens (tertiary/aromatic N) is 2. The fourth-order valence-electron chi connectivity index (χ4n) is 3.86. The lowest BCUT2D eigenvalue weighted by molar-refractivity contribution is -0.136. The van der Waals surface area contributed by atoms with Crippen molar-refractivity contribution >= 4 is 12.1 Å². The van der Waals surface area contributed by atoms with Crippen molar-refractivity contribution < 1.29 is 24.2 Å². The summed E-state index contributed by atoms with van der Waals surface area (Å²) in [6.45, 7) is 3.12. The highest BCUT2D eigenvalue weighted by molar-refractivity contribution is 5.71. The van der Waals surface area contributed by atoms with Gasteiger partial charge >= 0.3 is 12.1 Å². The van der Waals surface area contributed by atoms with Crippen LogP contribution >= 0.6 is 0 Å². The van der Waals surface area contributed by atoms with Crippen molar-refractivity contribution in [2.24, 2.45) is 0 Å². The largest absolute Gasteiger partial charge is 0.490 e. The highest BCUT2D eigenvalue weighted by atomic mass is 16.6. The number of aromatic nitrogens is 1. The Kier molecular flexibility index (Phi) is 7.42. The second-order valence-electron chi connectivity index (χ2n) is 8.53. The van der Waals surface area contributed by atoms with Crippen LogP contribution in [0.5, 0.6) is 11.5 Å². The van der Waals surface area contributed by atoms with Crippen LogP contribution in [-0.2, 0) is 17.6 Å². The molecule has 1 saturated heterocycles. The van der Waals surface area contributed by atoms with Gasteiger partial charge in [0.1, 0.15) is 17.6 Å². The quantitative estimate of drug-likeness (QED) is 0.552. The third-order valence-corrected chi connectivity index (χ3v) is 5.77. The number of pyridine rings is 1. The SMILES string of the molecule is Cc1ccc(Cc2ccc(OC(=O)N3CCC(Oc4ccc(CC(=O)O)cc4)CC3)cc2)nc1. The van der Waals surface area contributed by atoms with Gasteiger partial charge in [-0.05, 0) is 53.9 Å². The van der Waals surface area contributed by atoms with E-state index in [1.165, 1.54) is 0 Å². The highest BCUT2D eigenvalue weighted by Gasteiger charge is 2.25. The molecule has 1 amide bonds. The smallest absolute Gasteiger partial charge is 0.415 e. The van der Waals surface area contributed by atoms with Crippen molar-refractivity contribution in [2.75, 3.05) is 13.1 Å². The number of likely N-dealkylation sites (tertiary alicyclic amines) is 1. The number of aryl methyl sites for hydroxylation is 1. The zero-order valence-corrected chi connectivity index (χ0v) is 19.1. The number of hydrogen-bond acceptors (Lipinski definition) is 5. The molecule has 1 fully saturated rings. The molecule has 1 aliphatic rings. The Balaban J connectivity index is 1.22. The molecule has 0 atom stereocenters. The molecule has 7 heteroatoms. The Labute approximate surface area is 199 Å². The fraction of sp³-hybridized carbons (Fsp3) is 0.296. The number of carbonyl (C=O) groups is 2. The Bertz CT molecular complexity index is 1100. The summed E-state index contributed by atoms with van der Waals surface area (Å²) in [6, 6.07) is 18.7. The molecule has 0 radical (unpaired) electrons. The number of hydrogen-bond donors (Lipinski definition) is 1. The molecule has 176 valence electrons. The van der Waals surface area contributed by atoms with E-state index in [4.69, 9.17) is 14.6 Å². The monoisotopic (exact) mass is 460 g/mol. The van der Waals surface area contributed by atoms with E-state index in [1.54, 1.807) is 29.2 Å². The lowest BCUT2D eigenvalue weighted by Gasteiger charge is -2.31. The standard InChI is InChI=1S/C27H28N2O5/c1-19-2-7-22(28-18-19)16-20-3-10-24(11-4-20)34-27(32)29-14-12-25(13-15-29)33-23-8-5-21(6-9-23)17-26(30)31/h2-11,18,25H,12-17H2,1H3,(H,30,31). The number of carboxylic acids is 1. The lowest BCUT2D eigenvalue weighted by atomic mass is 10.1. The maximum Gasteiger partial charge on any atom is 0.415 e. The van der Waals surface area contributed by atoms with Crippen LogP contribution in [0.25, 0.3) is 0 Å². The molecule has 3 aromatic rings. The first-order valence-electron chi connectivity index (χ1n) is 11.4. The topological polar surface area (TPSA) is 89.0 Å². The minimum absolute atomic E-state index is 0.00374. The van der Waals surface area contributed by atoms with E-state index in [-0.39, 0.29) is 18.6 Å². The third-order valence-electron chi connectivity index (χ3n) is 5.77. The molecular formula is C27H28N2O5. The number of piperidine rings is 1. The van der Waals surface area contributed by atoms with Crippen LogP contribution in [0.4, 0.5) is 4.79 Å². The van der Waals surface area contributed by atoms with Crippen molar-refractivity contribution in [1.82, 2.24) is 9.88 Å². The predicted molar refractivity (Wildman–Crippen MR) is 127 cm³/mol. The van der Waals surface area contributed by atoms with Gasteiger partial charge in [0, 0.05) is 44.2 Å². The molecule has 1 aliphatic heterocycles. The first-order valence-corrected chi connectivity index (χ1v) is 11.4. The van der Waals surface area contributed by atoms with Gasteiger partial charge in [0.2, 0.25) is 0 Å². The number of aliphatic carboxylic acids is 1. The molecule has 0 saturated carbocycles. The molecule has 0 bridgehead atoms. The van der Waals surface area contributed by atoms with Crippen molar-refractivity contribution in [3.05, 3.63) is 89.2 Å². The molecule has 1 aromatic heterocycles. The molecule has 2 heterocycles. The molecule has 7 nitrogen and oxygen atoms in total. The van der Waals surface area contributed by atoms with E-state index in [0.29, 0.717) is 37.4 Å². The number of benzene rings is 2. The maximum absolute atomic E-state index is 12.6. The first-order chi connectivity index (χ1) is 16.4. The van der Waals surface area contributed by atoms with Gasteiger partial charge in [-0.1, -0.05) is 30.3 Å². The van der Waals surface area contributed by atoms with E-state index in [2.05, 4.69) is 4.98 Å². The zero-order valence-electron chi connectivity index (χ0n) is 19.1. The van der Waals surface area contributed by atoms with Gasteiger partial charge in [-0.2, -0.15) is 0 Å². The van der Waals surface area contributed by atoms with Crippen LogP contribution in [0.3, 0.4) is 0 Å².